The number of halogens is 2. The number of benzene rings is 1. The molecule has 134 valence electrons. The first-order valence-corrected chi connectivity index (χ1v) is 8.94. The van der Waals surface area contributed by atoms with Crippen LogP contribution in [0.4, 0.5) is 0 Å². The van der Waals surface area contributed by atoms with Crippen LogP contribution < -0.4 is 10.6 Å². The van der Waals surface area contributed by atoms with Crippen molar-refractivity contribution in [3.8, 4) is 0 Å². The molecule has 1 aliphatic heterocycles. The maximum absolute atomic E-state index is 12.6. The smallest absolute Gasteiger partial charge is 0.272 e. The van der Waals surface area contributed by atoms with Gasteiger partial charge in [0.1, 0.15) is 5.69 Å². The Labute approximate surface area is 158 Å². The van der Waals surface area contributed by atoms with Crippen molar-refractivity contribution in [1.82, 2.24) is 20.4 Å². The zero-order valence-electron chi connectivity index (χ0n) is 13.9. The lowest BCUT2D eigenvalue weighted by Gasteiger charge is -2.22. The largest absolute Gasteiger partial charge is 0.344 e. The molecular weight excluding hydrogens is 359 g/mol. The third-order valence-corrected chi connectivity index (χ3v) is 5.36. The molecular formula is C18H22Cl2N4O. The van der Waals surface area contributed by atoms with Gasteiger partial charge in [-0.05, 0) is 55.5 Å². The molecule has 2 unspecified atom stereocenters. The van der Waals surface area contributed by atoms with Crippen LogP contribution in [0.2, 0.25) is 5.02 Å². The van der Waals surface area contributed by atoms with Crippen molar-refractivity contribution < 1.29 is 4.79 Å². The van der Waals surface area contributed by atoms with E-state index >= 15 is 0 Å². The van der Waals surface area contributed by atoms with Crippen molar-refractivity contribution in [2.45, 2.75) is 37.8 Å². The zero-order valence-corrected chi connectivity index (χ0v) is 15.4. The van der Waals surface area contributed by atoms with Crippen molar-refractivity contribution in [3.05, 3.63) is 52.3 Å². The number of piperidine rings is 1. The molecule has 2 atom stereocenters. The summed E-state index contributed by atoms with van der Waals surface area (Å²) in [5, 5.41) is 11.8. The van der Waals surface area contributed by atoms with E-state index in [9.17, 15) is 4.79 Å². The average molecular weight is 381 g/mol. The van der Waals surface area contributed by atoms with Crippen LogP contribution in [0.5, 0.6) is 0 Å². The highest BCUT2D eigenvalue weighted by atomic mass is 35.5. The standard InChI is InChI=1S/C18H21ClN4O.ClH/c19-15-5-1-4-14-13(15)6-7-16(14)21-18(24)17-8-10-23(22-17)12-3-2-9-20-11-12;/h1,4-5,8,10,12,16,20H,2-3,6-7,9,11H2,(H,21,24);1H. The fourth-order valence-electron chi connectivity index (χ4n) is 3.71. The molecule has 1 aliphatic carbocycles. The fraction of sp³-hybridized carbons (Fsp3) is 0.444. The summed E-state index contributed by atoms with van der Waals surface area (Å²) >= 11 is 6.24. The molecule has 0 saturated carbocycles. The molecule has 1 aromatic carbocycles. The Morgan fingerprint density at radius 1 is 1.32 bits per heavy atom. The Morgan fingerprint density at radius 2 is 2.20 bits per heavy atom. The van der Waals surface area contributed by atoms with E-state index in [1.54, 1.807) is 6.07 Å². The first-order valence-electron chi connectivity index (χ1n) is 8.56. The van der Waals surface area contributed by atoms with Gasteiger partial charge in [-0.25, -0.2) is 0 Å². The number of hydrogen-bond donors (Lipinski definition) is 2. The van der Waals surface area contributed by atoms with E-state index in [1.165, 1.54) is 0 Å². The van der Waals surface area contributed by atoms with E-state index in [0.29, 0.717) is 11.7 Å². The third kappa shape index (κ3) is 3.68. The molecule has 2 aliphatic rings. The Kier molecular flexibility index (Phi) is 5.67. The van der Waals surface area contributed by atoms with Gasteiger partial charge in [0.15, 0.2) is 0 Å². The molecule has 1 saturated heterocycles. The summed E-state index contributed by atoms with van der Waals surface area (Å²) in [5.74, 6) is -0.115. The number of nitrogens with one attached hydrogen (secondary N) is 2. The highest BCUT2D eigenvalue weighted by molar-refractivity contribution is 6.31. The van der Waals surface area contributed by atoms with Crippen LogP contribution in [-0.4, -0.2) is 28.8 Å². The second-order valence-corrected chi connectivity index (χ2v) is 6.96. The van der Waals surface area contributed by atoms with Gasteiger partial charge in [0.2, 0.25) is 0 Å². The van der Waals surface area contributed by atoms with Gasteiger partial charge in [0, 0.05) is 17.8 Å². The van der Waals surface area contributed by atoms with Crippen LogP contribution in [0.3, 0.4) is 0 Å². The summed E-state index contributed by atoms with van der Waals surface area (Å²) in [6.45, 7) is 1.98. The van der Waals surface area contributed by atoms with Crippen LogP contribution in [-0.2, 0) is 6.42 Å². The van der Waals surface area contributed by atoms with Crippen LogP contribution in [0.15, 0.2) is 30.5 Å². The lowest BCUT2D eigenvalue weighted by molar-refractivity contribution is 0.0930. The maximum Gasteiger partial charge on any atom is 0.272 e. The van der Waals surface area contributed by atoms with Gasteiger partial charge in [0.05, 0.1) is 12.1 Å². The number of rotatable bonds is 3. The Bertz CT molecular complexity index is 755. The van der Waals surface area contributed by atoms with Crippen molar-refractivity contribution in [2.24, 2.45) is 0 Å². The van der Waals surface area contributed by atoms with E-state index in [1.807, 2.05) is 29.1 Å². The number of hydrogen-bond acceptors (Lipinski definition) is 3. The van der Waals surface area contributed by atoms with E-state index in [4.69, 9.17) is 11.6 Å². The molecule has 2 N–H and O–H groups in total. The fourth-order valence-corrected chi connectivity index (χ4v) is 3.99. The van der Waals surface area contributed by atoms with Gasteiger partial charge in [-0.1, -0.05) is 23.7 Å². The number of fused-ring (bicyclic) bond motifs is 1. The quantitative estimate of drug-likeness (QED) is 0.858. The molecule has 25 heavy (non-hydrogen) atoms. The van der Waals surface area contributed by atoms with Crippen LogP contribution in [0.1, 0.15) is 53.0 Å². The normalized spacial score (nSPS) is 22.1. The number of aromatic nitrogens is 2. The van der Waals surface area contributed by atoms with E-state index in [-0.39, 0.29) is 24.4 Å². The topological polar surface area (TPSA) is 59.0 Å². The predicted molar refractivity (Wildman–Crippen MR) is 101 cm³/mol. The molecule has 5 nitrogen and oxygen atoms in total. The number of carbonyl (C=O) groups excluding carboxylic acids is 1. The van der Waals surface area contributed by atoms with E-state index < -0.39 is 0 Å². The van der Waals surface area contributed by atoms with Crippen molar-refractivity contribution >= 4 is 29.9 Å². The van der Waals surface area contributed by atoms with Crippen molar-refractivity contribution in [1.29, 1.82) is 0 Å². The lowest BCUT2D eigenvalue weighted by Crippen LogP contribution is -2.32. The number of nitrogens with zero attached hydrogens (tertiary/aromatic N) is 2. The second-order valence-electron chi connectivity index (χ2n) is 6.55. The maximum atomic E-state index is 12.6. The molecule has 0 radical (unpaired) electrons. The van der Waals surface area contributed by atoms with Gasteiger partial charge in [-0.3, -0.25) is 9.48 Å². The van der Waals surface area contributed by atoms with Crippen LogP contribution >= 0.6 is 24.0 Å². The minimum atomic E-state index is -0.115. The van der Waals surface area contributed by atoms with E-state index in [2.05, 4.69) is 15.7 Å². The lowest BCUT2D eigenvalue weighted by atomic mass is 10.1. The molecule has 1 amide bonds. The molecule has 0 spiro atoms. The SMILES string of the molecule is Cl.O=C(NC1CCc2c(Cl)cccc21)c1ccn(C2CCCNC2)n1. The summed E-state index contributed by atoms with van der Waals surface area (Å²) in [6, 6.07) is 8.06. The number of carbonyl (C=O) groups is 1. The summed E-state index contributed by atoms with van der Waals surface area (Å²) in [4.78, 5) is 12.6. The minimum absolute atomic E-state index is 0. The first kappa shape index (κ1) is 18.2. The highest BCUT2D eigenvalue weighted by Gasteiger charge is 2.26. The van der Waals surface area contributed by atoms with Gasteiger partial charge in [-0.15, -0.1) is 12.4 Å². The Hall–Kier alpha value is -1.56. The molecule has 4 rings (SSSR count). The van der Waals surface area contributed by atoms with Crippen LogP contribution in [0, 0.1) is 0 Å². The van der Waals surface area contributed by atoms with Gasteiger partial charge in [-0.2, -0.15) is 5.10 Å². The Balaban J connectivity index is 0.00000182. The summed E-state index contributed by atoms with van der Waals surface area (Å²) < 4.78 is 1.92. The monoisotopic (exact) mass is 380 g/mol. The van der Waals surface area contributed by atoms with Gasteiger partial charge in [0.25, 0.3) is 5.91 Å². The molecule has 0 bridgehead atoms. The van der Waals surface area contributed by atoms with Gasteiger partial charge < -0.3 is 10.6 Å². The predicted octanol–water partition coefficient (Wildman–Crippen LogP) is 3.30. The third-order valence-electron chi connectivity index (χ3n) is 5.00. The molecule has 2 aromatic rings. The molecule has 1 fully saturated rings. The van der Waals surface area contributed by atoms with Crippen molar-refractivity contribution in [3.63, 3.8) is 0 Å². The molecule has 1 aromatic heterocycles. The van der Waals surface area contributed by atoms with Crippen LogP contribution in [0.25, 0.3) is 0 Å². The summed E-state index contributed by atoms with van der Waals surface area (Å²) in [6.07, 6.45) is 5.95. The Morgan fingerprint density at radius 3 is 3.00 bits per heavy atom. The molecule has 7 heteroatoms. The molecule has 2 heterocycles. The van der Waals surface area contributed by atoms with Gasteiger partial charge >= 0.3 is 0 Å². The van der Waals surface area contributed by atoms with Crippen molar-refractivity contribution in [2.75, 3.05) is 13.1 Å². The average Bonchev–Trinajstić information content (AvgIpc) is 3.24. The minimum Gasteiger partial charge on any atom is -0.344 e. The number of amides is 1. The summed E-state index contributed by atoms with van der Waals surface area (Å²) in [7, 11) is 0. The highest BCUT2D eigenvalue weighted by Crippen LogP contribution is 2.35. The zero-order chi connectivity index (χ0) is 16.5. The summed E-state index contributed by atoms with van der Waals surface area (Å²) in [5.41, 5.74) is 2.77. The second kappa shape index (κ2) is 7.77. The van der Waals surface area contributed by atoms with E-state index in [0.717, 1.165) is 54.9 Å². The first-order chi connectivity index (χ1) is 11.7.